The zero-order valence-electron chi connectivity index (χ0n) is 10.8. The molecule has 1 saturated heterocycles. The number of carbonyl (C=O) groups is 1. The van der Waals surface area contributed by atoms with Gasteiger partial charge >= 0.3 is 6.18 Å². The van der Waals surface area contributed by atoms with Crippen molar-refractivity contribution >= 4 is 22.8 Å². The van der Waals surface area contributed by atoms with E-state index in [1.165, 1.54) is 11.3 Å². The van der Waals surface area contributed by atoms with Gasteiger partial charge in [-0.1, -0.05) is 11.3 Å². The first kappa shape index (κ1) is 13.9. The maximum absolute atomic E-state index is 12.6. The molecule has 1 aliphatic carbocycles. The highest BCUT2D eigenvalue weighted by molar-refractivity contribution is 7.17. The van der Waals surface area contributed by atoms with Gasteiger partial charge in [-0.2, -0.15) is 13.2 Å². The van der Waals surface area contributed by atoms with E-state index in [-0.39, 0.29) is 12.8 Å². The second-order valence-corrected chi connectivity index (χ2v) is 6.45. The summed E-state index contributed by atoms with van der Waals surface area (Å²) in [5, 5.41) is 0.703. The predicted molar refractivity (Wildman–Crippen MR) is 70.5 cm³/mol. The van der Waals surface area contributed by atoms with Gasteiger partial charge < -0.3 is 4.90 Å². The Kier molecular flexibility index (Phi) is 3.48. The van der Waals surface area contributed by atoms with Gasteiger partial charge in [-0.05, 0) is 25.7 Å². The molecule has 3 nitrogen and oxygen atoms in total. The van der Waals surface area contributed by atoms with Crippen LogP contribution in [-0.2, 0) is 0 Å². The van der Waals surface area contributed by atoms with Crippen molar-refractivity contribution in [1.82, 2.24) is 4.98 Å². The van der Waals surface area contributed by atoms with Crippen LogP contribution < -0.4 is 4.90 Å². The molecule has 0 atom stereocenters. The van der Waals surface area contributed by atoms with Crippen LogP contribution in [-0.4, -0.2) is 30.5 Å². The lowest BCUT2D eigenvalue weighted by molar-refractivity contribution is -0.179. The average molecular weight is 304 g/mol. The first-order valence-corrected chi connectivity index (χ1v) is 7.58. The number of carbonyl (C=O) groups excluding carboxylic acids is 1. The smallest absolute Gasteiger partial charge is 0.348 e. The van der Waals surface area contributed by atoms with Crippen LogP contribution in [0.4, 0.5) is 18.3 Å². The highest BCUT2D eigenvalue weighted by atomic mass is 32.1. The molecule has 3 rings (SSSR count). The van der Waals surface area contributed by atoms with Gasteiger partial charge in [0, 0.05) is 19.0 Å². The molecule has 20 heavy (non-hydrogen) atoms. The zero-order chi connectivity index (χ0) is 14.3. The van der Waals surface area contributed by atoms with E-state index in [1.54, 1.807) is 0 Å². The maximum Gasteiger partial charge on any atom is 0.391 e. The number of hydrogen-bond acceptors (Lipinski definition) is 4. The van der Waals surface area contributed by atoms with Crippen LogP contribution in [0.3, 0.4) is 0 Å². The van der Waals surface area contributed by atoms with Crippen molar-refractivity contribution in [2.75, 3.05) is 18.0 Å². The van der Waals surface area contributed by atoms with Gasteiger partial charge in [0.25, 0.3) is 0 Å². The summed E-state index contributed by atoms with van der Waals surface area (Å²) in [6.07, 6.45) is -0.948. The standard InChI is InChI=1S/C13H15F3N2OS/c14-13(15,16)9-3-5-18(6-4-9)12-17-11(8-1-2-8)10(7-19)20-12/h7-9H,1-6H2. The molecule has 110 valence electrons. The van der Waals surface area contributed by atoms with E-state index in [0.29, 0.717) is 29.0 Å². The van der Waals surface area contributed by atoms with Crippen molar-refractivity contribution in [2.24, 2.45) is 5.92 Å². The molecule has 7 heteroatoms. The van der Waals surface area contributed by atoms with E-state index in [1.807, 2.05) is 4.90 Å². The summed E-state index contributed by atoms with van der Waals surface area (Å²) in [7, 11) is 0. The largest absolute Gasteiger partial charge is 0.391 e. The van der Waals surface area contributed by atoms with Gasteiger partial charge in [0.15, 0.2) is 11.4 Å². The summed E-state index contributed by atoms with van der Waals surface area (Å²) >= 11 is 1.31. The van der Waals surface area contributed by atoms with Gasteiger partial charge in [0.1, 0.15) is 0 Å². The zero-order valence-corrected chi connectivity index (χ0v) is 11.6. The van der Waals surface area contributed by atoms with Crippen LogP contribution in [0.2, 0.25) is 0 Å². The summed E-state index contributed by atoms with van der Waals surface area (Å²) in [6, 6.07) is 0. The second-order valence-electron chi connectivity index (χ2n) is 5.44. The van der Waals surface area contributed by atoms with Gasteiger partial charge in [-0.25, -0.2) is 4.98 Å². The van der Waals surface area contributed by atoms with E-state index in [4.69, 9.17) is 0 Å². The van der Waals surface area contributed by atoms with Crippen molar-refractivity contribution < 1.29 is 18.0 Å². The van der Waals surface area contributed by atoms with Crippen LogP contribution in [0.15, 0.2) is 0 Å². The Bertz CT molecular complexity index is 502. The molecular weight excluding hydrogens is 289 g/mol. The van der Waals surface area contributed by atoms with Crippen LogP contribution in [0.1, 0.15) is 47.0 Å². The topological polar surface area (TPSA) is 33.2 Å². The number of nitrogens with zero attached hydrogens (tertiary/aromatic N) is 2. The molecule has 0 spiro atoms. The Morgan fingerprint density at radius 3 is 2.35 bits per heavy atom. The SMILES string of the molecule is O=Cc1sc(N2CCC(C(F)(F)F)CC2)nc1C1CC1. The molecule has 1 saturated carbocycles. The quantitative estimate of drug-likeness (QED) is 0.800. The lowest BCUT2D eigenvalue weighted by Crippen LogP contribution is -2.38. The molecule has 2 fully saturated rings. The Morgan fingerprint density at radius 1 is 1.20 bits per heavy atom. The lowest BCUT2D eigenvalue weighted by Gasteiger charge is -2.32. The first-order valence-electron chi connectivity index (χ1n) is 6.76. The van der Waals surface area contributed by atoms with E-state index < -0.39 is 12.1 Å². The molecular formula is C13H15F3N2OS. The van der Waals surface area contributed by atoms with Crippen molar-refractivity contribution in [1.29, 1.82) is 0 Å². The van der Waals surface area contributed by atoms with E-state index >= 15 is 0 Å². The number of aromatic nitrogens is 1. The van der Waals surface area contributed by atoms with Gasteiger partial charge in [-0.3, -0.25) is 4.79 Å². The molecule has 0 unspecified atom stereocenters. The third kappa shape index (κ3) is 2.68. The molecule has 1 aromatic rings. The molecule has 1 aromatic heterocycles. The highest BCUT2D eigenvalue weighted by Crippen LogP contribution is 2.44. The minimum Gasteiger partial charge on any atom is -0.348 e. The average Bonchev–Trinajstić information content (AvgIpc) is 3.17. The number of piperidine rings is 1. The van der Waals surface area contributed by atoms with Crippen molar-refractivity contribution in [3.63, 3.8) is 0 Å². The van der Waals surface area contributed by atoms with Crippen molar-refractivity contribution in [3.8, 4) is 0 Å². The number of halogens is 3. The molecule has 0 aromatic carbocycles. The fraction of sp³-hybridized carbons (Fsp3) is 0.692. The summed E-state index contributed by atoms with van der Waals surface area (Å²) in [5.41, 5.74) is 0.845. The molecule has 0 amide bonds. The molecule has 0 N–H and O–H groups in total. The van der Waals surface area contributed by atoms with Gasteiger partial charge in [-0.15, -0.1) is 0 Å². The fourth-order valence-electron chi connectivity index (χ4n) is 2.60. The predicted octanol–water partition coefficient (Wildman–Crippen LogP) is 3.61. The Hall–Kier alpha value is -1.11. The van der Waals surface area contributed by atoms with Crippen LogP contribution in [0.25, 0.3) is 0 Å². The number of hydrogen-bond donors (Lipinski definition) is 0. The molecule has 2 heterocycles. The third-order valence-electron chi connectivity index (χ3n) is 3.97. The lowest BCUT2D eigenvalue weighted by atomic mass is 9.97. The number of thiazole rings is 1. The van der Waals surface area contributed by atoms with Crippen LogP contribution in [0.5, 0.6) is 0 Å². The fourth-order valence-corrected chi connectivity index (χ4v) is 3.62. The van der Waals surface area contributed by atoms with Crippen LogP contribution >= 0.6 is 11.3 Å². The van der Waals surface area contributed by atoms with E-state index in [0.717, 1.165) is 24.8 Å². The second kappa shape index (κ2) is 5.02. The summed E-state index contributed by atoms with van der Waals surface area (Å²) in [5.74, 6) is -0.819. The van der Waals surface area contributed by atoms with Crippen LogP contribution in [0, 0.1) is 5.92 Å². The first-order chi connectivity index (χ1) is 9.49. The summed E-state index contributed by atoms with van der Waals surface area (Å²) in [4.78, 5) is 18.0. The summed E-state index contributed by atoms with van der Waals surface area (Å²) in [6.45, 7) is 0.722. The van der Waals surface area contributed by atoms with Crippen molar-refractivity contribution in [3.05, 3.63) is 10.6 Å². The number of rotatable bonds is 3. The molecule has 1 aliphatic heterocycles. The monoisotopic (exact) mass is 304 g/mol. The molecule has 0 bridgehead atoms. The number of anilines is 1. The Balaban J connectivity index is 1.70. The molecule has 2 aliphatic rings. The Labute approximate surface area is 118 Å². The number of aldehydes is 1. The van der Waals surface area contributed by atoms with Gasteiger partial charge in [0.05, 0.1) is 16.5 Å². The highest BCUT2D eigenvalue weighted by Gasteiger charge is 2.41. The number of alkyl halides is 3. The van der Waals surface area contributed by atoms with E-state index in [2.05, 4.69) is 4.98 Å². The minimum atomic E-state index is -4.10. The molecule has 0 radical (unpaired) electrons. The van der Waals surface area contributed by atoms with Gasteiger partial charge in [0.2, 0.25) is 0 Å². The van der Waals surface area contributed by atoms with E-state index in [9.17, 15) is 18.0 Å². The van der Waals surface area contributed by atoms with Crippen molar-refractivity contribution in [2.45, 2.75) is 37.8 Å². The Morgan fingerprint density at radius 2 is 1.85 bits per heavy atom. The minimum absolute atomic E-state index is 0.109. The maximum atomic E-state index is 12.6. The summed E-state index contributed by atoms with van der Waals surface area (Å²) < 4.78 is 37.9. The normalized spacial score (nSPS) is 21.2. The third-order valence-corrected chi connectivity index (χ3v) is 5.03.